The van der Waals surface area contributed by atoms with Gasteiger partial charge in [-0.15, -0.1) is 0 Å². The lowest BCUT2D eigenvalue weighted by molar-refractivity contribution is -0.0201. The third kappa shape index (κ3) is 2.92. The molecule has 0 amide bonds. The molecule has 6 nitrogen and oxygen atoms in total. The zero-order valence-corrected chi connectivity index (χ0v) is 10.7. The number of anilines is 2. The smallest absolute Gasteiger partial charge is 0.238 e. The molecule has 0 bridgehead atoms. The fraction of sp³-hybridized carbons (Fsp3) is 0.455. The molecule has 0 heterocycles. The second-order valence-electron chi connectivity index (χ2n) is 4.77. The second kappa shape index (κ2) is 4.42. The van der Waals surface area contributed by atoms with Crippen LogP contribution in [0.15, 0.2) is 23.1 Å². The van der Waals surface area contributed by atoms with Crippen LogP contribution >= 0.6 is 0 Å². The van der Waals surface area contributed by atoms with Crippen molar-refractivity contribution >= 4 is 21.4 Å². The van der Waals surface area contributed by atoms with Gasteiger partial charge in [0, 0.05) is 17.9 Å². The molecule has 0 aliphatic heterocycles. The number of nitrogen functional groups attached to an aromatic ring is 1. The number of primary sulfonamides is 1. The summed E-state index contributed by atoms with van der Waals surface area (Å²) in [6, 6.07) is 4.32. The van der Waals surface area contributed by atoms with Gasteiger partial charge in [-0.3, -0.25) is 0 Å². The van der Waals surface area contributed by atoms with Crippen molar-refractivity contribution in [2.75, 3.05) is 17.6 Å². The molecule has 100 valence electrons. The Morgan fingerprint density at radius 3 is 2.50 bits per heavy atom. The molecule has 1 aliphatic carbocycles. The number of rotatable bonds is 4. The Labute approximate surface area is 106 Å². The summed E-state index contributed by atoms with van der Waals surface area (Å²) in [5, 5.41) is 18.0. The Hall–Kier alpha value is -1.31. The van der Waals surface area contributed by atoms with Crippen molar-refractivity contribution in [3.63, 3.8) is 0 Å². The number of benzene rings is 1. The molecule has 0 unspecified atom stereocenters. The largest absolute Gasteiger partial charge is 0.399 e. The van der Waals surface area contributed by atoms with Crippen molar-refractivity contribution < 1.29 is 13.5 Å². The van der Waals surface area contributed by atoms with E-state index < -0.39 is 15.6 Å². The second-order valence-corrected chi connectivity index (χ2v) is 6.33. The van der Waals surface area contributed by atoms with Crippen LogP contribution in [-0.4, -0.2) is 25.7 Å². The summed E-state index contributed by atoms with van der Waals surface area (Å²) in [6.07, 6.45) is 2.52. The highest BCUT2D eigenvalue weighted by Crippen LogP contribution is 2.32. The average molecular weight is 271 g/mol. The predicted octanol–water partition coefficient (Wildman–Crippen LogP) is 0.243. The van der Waals surface area contributed by atoms with E-state index in [1.54, 1.807) is 6.07 Å². The highest BCUT2D eigenvalue weighted by molar-refractivity contribution is 7.89. The van der Waals surface area contributed by atoms with Crippen LogP contribution in [0.5, 0.6) is 0 Å². The Bertz CT molecular complexity index is 553. The number of nitrogens with two attached hydrogens (primary N) is 2. The van der Waals surface area contributed by atoms with Gasteiger partial charge in [-0.1, -0.05) is 0 Å². The lowest BCUT2D eigenvalue weighted by Gasteiger charge is -2.36. The summed E-state index contributed by atoms with van der Waals surface area (Å²) < 4.78 is 22.5. The van der Waals surface area contributed by atoms with Gasteiger partial charge < -0.3 is 16.2 Å². The van der Waals surface area contributed by atoms with E-state index in [1.807, 2.05) is 0 Å². The first-order chi connectivity index (χ1) is 8.28. The van der Waals surface area contributed by atoms with Crippen molar-refractivity contribution in [1.82, 2.24) is 0 Å². The van der Waals surface area contributed by atoms with E-state index >= 15 is 0 Å². The molecule has 0 radical (unpaired) electrons. The van der Waals surface area contributed by atoms with Crippen molar-refractivity contribution in [2.45, 2.75) is 29.8 Å². The molecule has 1 aromatic rings. The van der Waals surface area contributed by atoms with E-state index in [2.05, 4.69) is 5.32 Å². The van der Waals surface area contributed by atoms with Gasteiger partial charge in [-0.25, -0.2) is 13.6 Å². The number of aliphatic hydroxyl groups is 1. The first kappa shape index (κ1) is 13.1. The summed E-state index contributed by atoms with van der Waals surface area (Å²) in [4.78, 5) is -0.0365. The van der Waals surface area contributed by atoms with Gasteiger partial charge in [0.1, 0.15) is 0 Å². The summed E-state index contributed by atoms with van der Waals surface area (Å²) in [7, 11) is -3.78. The van der Waals surface area contributed by atoms with Gasteiger partial charge in [-0.05, 0) is 37.5 Å². The molecule has 0 spiro atoms. The maximum Gasteiger partial charge on any atom is 0.238 e. The maximum absolute atomic E-state index is 11.3. The Morgan fingerprint density at radius 2 is 2.00 bits per heavy atom. The fourth-order valence-corrected chi connectivity index (χ4v) is 2.51. The van der Waals surface area contributed by atoms with Gasteiger partial charge in [0.25, 0.3) is 0 Å². The molecule has 7 heteroatoms. The minimum absolute atomic E-state index is 0.0365. The first-order valence-electron chi connectivity index (χ1n) is 5.68. The lowest BCUT2D eigenvalue weighted by Crippen LogP contribution is -2.43. The summed E-state index contributed by atoms with van der Waals surface area (Å²) in [5.74, 6) is 0. The molecule has 6 N–H and O–H groups in total. The van der Waals surface area contributed by atoms with Crippen molar-refractivity contribution in [2.24, 2.45) is 5.14 Å². The van der Waals surface area contributed by atoms with E-state index in [1.165, 1.54) is 12.1 Å². The minimum Gasteiger partial charge on any atom is -0.399 e. The zero-order valence-electron chi connectivity index (χ0n) is 9.89. The molecular weight excluding hydrogens is 254 g/mol. The molecular formula is C11H17N3O3S. The number of nitrogens with one attached hydrogen (secondary N) is 1. The Balaban J connectivity index is 2.15. The molecule has 1 aliphatic rings. The summed E-state index contributed by atoms with van der Waals surface area (Å²) in [5.41, 5.74) is 5.78. The van der Waals surface area contributed by atoms with Crippen LogP contribution in [0.4, 0.5) is 11.4 Å². The van der Waals surface area contributed by atoms with Gasteiger partial charge in [-0.2, -0.15) is 0 Å². The van der Waals surface area contributed by atoms with Crippen LogP contribution in [0.1, 0.15) is 19.3 Å². The van der Waals surface area contributed by atoms with E-state index in [0.717, 1.165) is 19.3 Å². The molecule has 0 saturated heterocycles. The number of sulfonamides is 1. The standard InChI is InChI=1S/C11H17N3O3S/c12-8-4-9(6-10(5-8)18(13,16)17)14-7-11(15)2-1-3-11/h4-6,14-15H,1-3,7,12H2,(H2,13,16,17). The minimum atomic E-state index is -3.78. The average Bonchev–Trinajstić information content (AvgIpc) is 2.22. The van der Waals surface area contributed by atoms with E-state index in [0.29, 0.717) is 17.9 Å². The van der Waals surface area contributed by atoms with E-state index in [4.69, 9.17) is 10.9 Å². The van der Waals surface area contributed by atoms with Crippen LogP contribution in [0.2, 0.25) is 0 Å². The van der Waals surface area contributed by atoms with Gasteiger partial charge >= 0.3 is 0 Å². The Morgan fingerprint density at radius 1 is 1.33 bits per heavy atom. The molecule has 1 fully saturated rings. The highest BCUT2D eigenvalue weighted by atomic mass is 32.2. The predicted molar refractivity (Wildman–Crippen MR) is 69.5 cm³/mol. The molecule has 1 aromatic carbocycles. The third-order valence-corrected chi connectivity index (χ3v) is 4.06. The first-order valence-corrected chi connectivity index (χ1v) is 7.23. The SMILES string of the molecule is Nc1cc(NCC2(O)CCC2)cc(S(N)(=O)=O)c1. The van der Waals surface area contributed by atoms with Gasteiger partial charge in [0.15, 0.2) is 0 Å². The van der Waals surface area contributed by atoms with Crippen LogP contribution in [0.25, 0.3) is 0 Å². The topological polar surface area (TPSA) is 118 Å². The van der Waals surface area contributed by atoms with Crippen molar-refractivity contribution in [3.8, 4) is 0 Å². The fourth-order valence-electron chi connectivity index (χ4n) is 1.92. The van der Waals surface area contributed by atoms with Crippen LogP contribution in [0, 0.1) is 0 Å². The summed E-state index contributed by atoms with van der Waals surface area (Å²) in [6.45, 7) is 0.376. The monoisotopic (exact) mass is 271 g/mol. The lowest BCUT2D eigenvalue weighted by atomic mass is 9.80. The Kier molecular flexibility index (Phi) is 3.22. The van der Waals surface area contributed by atoms with Crippen LogP contribution in [0.3, 0.4) is 0 Å². The zero-order chi connectivity index (χ0) is 13.4. The molecule has 0 aromatic heterocycles. The normalized spacial score (nSPS) is 18.1. The highest BCUT2D eigenvalue weighted by Gasteiger charge is 2.33. The van der Waals surface area contributed by atoms with Gasteiger partial charge in [0.2, 0.25) is 10.0 Å². The van der Waals surface area contributed by atoms with Crippen molar-refractivity contribution in [3.05, 3.63) is 18.2 Å². The number of hydrogen-bond donors (Lipinski definition) is 4. The third-order valence-electron chi connectivity index (χ3n) is 3.16. The number of hydrogen-bond acceptors (Lipinski definition) is 5. The van der Waals surface area contributed by atoms with Gasteiger partial charge in [0.05, 0.1) is 10.5 Å². The van der Waals surface area contributed by atoms with E-state index in [-0.39, 0.29) is 4.90 Å². The van der Waals surface area contributed by atoms with Crippen LogP contribution in [-0.2, 0) is 10.0 Å². The molecule has 2 rings (SSSR count). The van der Waals surface area contributed by atoms with Crippen LogP contribution < -0.4 is 16.2 Å². The maximum atomic E-state index is 11.3. The molecule has 0 atom stereocenters. The summed E-state index contributed by atoms with van der Waals surface area (Å²) >= 11 is 0. The molecule has 18 heavy (non-hydrogen) atoms. The van der Waals surface area contributed by atoms with E-state index in [9.17, 15) is 13.5 Å². The van der Waals surface area contributed by atoms with Crippen molar-refractivity contribution in [1.29, 1.82) is 0 Å². The molecule has 1 saturated carbocycles. The quantitative estimate of drug-likeness (QED) is 0.585.